The number of hydrogen-bond donors (Lipinski definition) is 3. The Balaban J connectivity index is 2.42. The molecule has 0 aliphatic heterocycles. The minimum Gasteiger partial charge on any atom is -0.388 e. The second kappa shape index (κ2) is 6.53. The van der Waals surface area contributed by atoms with Gasteiger partial charge in [0.05, 0.1) is 5.60 Å². The minimum atomic E-state index is -0.807. The van der Waals surface area contributed by atoms with Gasteiger partial charge >= 0.3 is 0 Å². The molecule has 0 heterocycles. The van der Waals surface area contributed by atoms with E-state index < -0.39 is 5.60 Å². The monoisotopic (exact) mass is 256 g/mol. The SMILES string of the molecule is CCC(C)(O)CNC(=O)CC1(CN)CCCCC1. The first-order valence-corrected chi connectivity index (χ1v) is 7.12. The fraction of sp³-hybridized carbons (Fsp3) is 0.929. The molecule has 18 heavy (non-hydrogen) atoms. The van der Waals surface area contributed by atoms with Crippen molar-refractivity contribution in [2.75, 3.05) is 13.1 Å². The topological polar surface area (TPSA) is 75.3 Å². The lowest BCUT2D eigenvalue weighted by Gasteiger charge is -2.36. The number of aliphatic hydroxyl groups is 1. The lowest BCUT2D eigenvalue weighted by molar-refractivity contribution is -0.125. The predicted octanol–water partition coefficient (Wildman–Crippen LogP) is 1.56. The van der Waals surface area contributed by atoms with E-state index >= 15 is 0 Å². The van der Waals surface area contributed by atoms with Crippen molar-refractivity contribution in [3.8, 4) is 0 Å². The van der Waals surface area contributed by atoms with Gasteiger partial charge in [0.1, 0.15) is 0 Å². The Kier molecular flexibility index (Phi) is 5.60. The largest absolute Gasteiger partial charge is 0.388 e. The second-order valence-electron chi connectivity index (χ2n) is 6.07. The average Bonchev–Trinajstić information content (AvgIpc) is 2.38. The van der Waals surface area contributed by atoms with E-state index in [0.717, 1.165) is 12.8 Å². The lowest BCUT2D eigenvalue weighted by Crippen LogP contribution is -2.43. The maximum atomic E-state index is 12.0. The Hall–Kier alpha value is -0.610. The molecule has 4 N–H and O–H groups in total. The first-order chi connectivity index (χ1) is 8.43. The van der Waals surface area contributed by atoms with Crippen molar-refractivity contribution >= 4 is 5.91 Å². The molecule has 0 aromatic carbocycles. The average molecular weight is 256 g/mol. The molecule has 0 radical (unpaired) electrons. The van der Waals surface area contributed by atoms with Crippen LogP contribution >= 0.6 is 0 Å². The molecule has 0 aromatic rings. The summed E-state index contributed by atoms with van der Waals surface area (Å²) >= 11 is 0. The molecule has 1 atom stereocenters. The number of amides is 1. The van der Waals surface area contributed by atoms with Gasteiger partial charge in [-0.15, -0.1) is 0 Å². The van der Waals surface area contributed by atoms with Gasteiger partial charge in [-0.1, -0.05) is 26.2 Å². The van der Waals surface area contributed by atoms with Crippen molar-refractivity contribution in [1.29, 1.82) is 0 Å². The van der Waals surface area contributed by atoms with Gasteiger partial charge in [0.2, 0.25) is 5.91 Å². The summed E-state index contributed by atoms with van der Waals surface area (Å²) in [6, 6.07) is 0. The van der Waals surface area contributed by atoms with Crippen LogP contribution in [0.15, 0.2) is 0 Å². The number of hydrogen-bond acceptors (Lipinski definition) is 3. The summed E-state index contributed by atoms with van der Waals surface area (Å²) in [4.78, 5) is 12.0. The van der Waals surface area contributed by atoms with Crippen molar-refractivity contribution in [2.45, 2.75) is 64.4 Å². The molecular formula is C14H28N2O2. The molecule has 0 spiro atoms. The smallest absolute Gasteiger partial charge is 0.220 e. The summed E-state index contributed by atoms with van der Waals surface area (Å²) in [5, 5.41) is 12.7. The zero-order chi connectivity index (χ0) is 13.6. The Labute approximate surface area is 110 Å². The summed E-state index contributed by atoms with van der Waals surface area (Å²) in [6.45, 7) is 4.56. The number of carbonyl (C=O) groups excluding carboxylic acids is 1. The van der Waals surface area contributed by atoms with Gasteiger partial charge in [-0.2, -0.15) is 0 Å². The molecule has 4 heteroatoms. The molecule has 1 unspecified atom stereocenters. The van der Waals surface area contributed by atoms with Crippen LogP contribution in [0.4, 0.5) is 0 Å². The van der Waals surface area contributed by atoms with E-state index in [9.17, 15) is 9.90 Å². The normalized spacial score (nSPS) is 22.2. The highest BCUT2D eigenvalue weighted by atomic mass is 16.3. The van der Waals surface area contributed by atoms with E-state index in [-0.39, 0.29) is 11.3 Å². The van der Waals surface area contributed by atoms with Crippen molar-refractivity contribution in [1.82, 2.24) is 5.32 Å². The number of carbonyl (C=O) groups is 1. The zero-order valence-electron chi connectivity index (χ0n) is 11.8. The van der Waals surface area contributed by atoms with Gasteiger partial charge in [-0.05, 0) is 38.1 Å². The molecule has 1 fully saturated rings. The molecule has 106 valence electrons. The van der Waals surface area contributed by atoms with Crippen molar-refractivity contribution in [3.05, 3.63) is 0 Å². The van der Waals surface area contributed by atoms with Crippen molar-refractivity contribution < 1.29 is 9.90 Å². The minimum absolute atomic E-state index is 0.000402. The molecule has 1 aliphatic carbocycles. The standard InChI is InChI=1S/C14H28N2O2/c1-3-13(2,18)11-16-12(17)9-14(10-15)7-5-4-6-8-14/h18H,3-11,15H2,1-2H3,(H,16,17). The molecule has 0 saturated heterocycles. The summed E-state index contributed by atoms with van der Waals surface area (Å²) < 4.78 is 0. The number of nitrogens with one attached hydrogen (secondary N) is 1. The summed E-state index contributed by atoms with van der Waals surface area (Å²) in [5.74, 6) is 0.0241. The van der Waals surface area contributed by atoms with Crippen LogP contribution in [0.3, 0.4) is 0 Å². The van der Waals surface area contributed by atoms with E-state index in [4.69, 9.17) is 5.73 Å². The second-order valence-corrected chi connectivity index (χ2v) is 6.07. The maximum absolute atomic E-state index is 12.0. The fourth-order valence-electron chi connectivity index (χ4n) is 2.57. The van der Waals surface area contributed by atoms with Gasteiger partial charge < -0.3 is 16.2 Å². The molecule has 4 nitrogen and oxygen atoms in total. The Morgan fingerprint density at radius 2 is 2.00 bits per heavy atom. The van der Waals surface area contributed by atoms with Gasteiger partial charge in [0.25, 0.3) is 0 Å². The summed E-state index contributed by atoms with van der Waals surface area (Å²) in [6.07, 6.45) is 6.86. The van der Waals surface area contributed by atoms with Crippen LogP contribution in [0, 0.1) is 5.41 Å². The third-order valence-corrected chi connectivity index (χ3v) is 4.31. The van der Waals surface area contributed by atoms with E-state index in [1.807, 2.05) is 6.92 Å². The summed E-state index contributed by atoms with van der Waals surface area (Å²) in [7, 11) is 0. The maximum Gasteiger partial charge on any atom is 0.220 e. The van der Waals surface area contributed by atoms with Gasteiger partial charge in [-0.3, -0.25) is 4.79 Å². The van der Waals surface area contributed by atoms with E-state index in [2.05, 4.69) is 5.32 Å². The van der Waals surface area contributed by atoms with E-state index in [1.54, 1.807) is 6.92 Å². The molecular weight excluding hydrogens is 228 g/mol. The first-order valence-electron chi connectivity index (χ1n) is 7.12. The van der Waals surface area contributed by atoms with Crippen LogP contribution in [-0.4, -0.2) is 29.7 Å². The Morgan fingerprint density at radius 3 is 2.50 bits per heavy atom. The molecule has 0 aromatic heterocycles. The van der Waals surface area contributed by atoms with Gasteiger partial charge in [-0.25, -0.2) is 0 Å². The van der Waals surface area contributed by atoms with Crippen LogP contribution < -0.4 is 11.1 Å². The fourth-order valence-corrected chi connectivity index (χ4v) is 2.57. The number of rotatable bonds is 6. The molecule has 1 aliphatic rings. The highest BCUT2D eigenvalue weighted by Gasteiger charge is 2.33. The third-order valence-electron chi connectivity index (χ3n) is 4.31. The lowest BCUT2D eigenvalue weighted by atomic mass is 9.71. The van der Waals surface area contributed by atoms with Crippen LogP contribution in [-0.2, 0) is 4.79 Å². The van der Waals surface area contributed by atoms with Crippen molar-refractivity contribution in [2.24, 2.45) is 11.1 Å². The molecule has 1 amide bonds. The Bertz CT molecular complexity index is 271. The van der Waals surface area contributed by atoms with Gasteiger partial charge in [0.15, 0.2) is 0 Å². The zero-order valence-corrected chi connectivity index (χ0v) is 11.8. The third kappa shape index (κ3) is 4.58. The highest BCUT2D eigenvalue weighted by molar-refractivity contribution is 5.76. The molecule has 0 bridgehead atoms. The van der Waals surface area contributed by atoms with Gasteiger partial charge in [0, 0.05) is 13.0 Å². The number of nitrogens with two attached hydrogens (primary N) is 1. The van der Waals surface area contributed by atoms with Crippen LogP contribution in [0.5, 0.6) is 0 Å². The first kappa shape index (κ1) is 15.4. The molecule has 1 rings (SSSR count). The van der Waals surface area contributed by atoms with E-state index in [0.29, 0.717) is 25.9 Å². The quantitative estimate of drug-likeness (QED) is 0.675. The molecule has 1 saturated carbocycles. The van der Waals surface area contributed by atoms with Crippen LogP contribution in [0.2, 0.25) is 0 Å². The van der Waals surface area contributed by atoms with E-state index in [1.165, 1.54) is 19.3 Å². The summed E-state index contributed by atoms with van der Waals surface area (Å²) in [5.41, 5.74) is 5.06. The van der Waals surface area contributed by atoms with Crippen molar-refractivity contribution in [3.63, 3.8) is 0 Å². The van der Waals surface area contributed by atoms with Crippen LogP contribution in [0.25, 0.3) is 0 Å². The Morgan fingerprint density at radius 1 is 1.39 bits per heavy atom. The highest BCUT2D eigenvalue weighted by Crippen LogP contribution is 2.38. The van der Waals surface area contributed by atoms with Crippen LogP contribution in [0.1, 0.15) is 58.8 Å². The predicted molar refractivity (Wildman–Crippen MR) is 73.1 cm³/mol.